The average Bonchev–Trinajstić information content (AvgIpc) is 1.67. The molecule has 0 saturated carbocycles. The van der Waals surface area contributed by atoms with E-state index >= 15 is 0 Å². The van der Waals surface area contributed by atoms with Crippen LogP contribution in [-0.2, 0) is 22.4 Å². The maximum absolute atomic E-state index is 6.60. The van der Waals surface area contributed by atoms with Gasteiger partial charge in [-0.25, -0.2) is 0 Å². The number of hydrogen-bond acceptors (Lipinski definition) is 0. The van der Waals surface area contributed by atoms with Crippen LogP contribution in [0.15, 0.2) is 0 Å². The number of nitrogens with zero attached hydrogens (tertiary/aromatic N) is 1. The number of hydrogen-bond donors (Lipinski definition) is 0. The maximum Gasteiger partial charge on any atom is 0 e. The Labute approximate surface area is 79.5 Å². The van der Waals surface area contributed by atoms with Crippen LogP contribution < -0.4 is 0 Å². The molecule has 0 amide bonds. The van der Waals surface area contributed by atoms with Gasteiger partial charge in [0.1, 0.15) is 0 Å². The van der Waals surface area contributed by atoms with Gasteiger partial charge in [-0.2, -0.15) is 0 Å². The summed E-state index contributed by atoms with van der Waals surface area (Å²) >= 11 is 0. The van der Waals surface area contributed by atoms with E-state index in [4.69, 9.17) is 13.0 Å². The zero-order valence-corrected chi connectivity index (χ0v) is 8.62. The molecule has 0 unspecified atom stereocenters. The van der Waals surface area contributed by atoms with Gasteiger partial charge in [0.15, 0.2) is 0 Å². The third-order valence-electron chi connectivity index (χ3n) is 0.375. The van der Waals surface area contributed by atoms with Crippen LogP contribution in [0.1, 0.15) is 20.8 Å². The fraction of sp³-hybridized carbons (Fsp3) is 0.500. The maximum atomic E-state index is 6.60. The minimum absolute atomic E-state index is 0. The summed E-state index contributed by atoms with van der Waals surface area (Å²) < 4.78 is 0. The van der Waals surface area contributed by atoms with Crippen molar-refractivity contribution in [2.75, 3.05) is 0 Å². The quantitative estimate of drug-likeness (QED) is 0.367. The van der Waals surface area contributed by atoms with E-state index in [9.17, 15) is 0 Å². The van der Waals surface area contributed by atoms with Crippen molar-refractivity contribution in [2.45, 2.75) is 20.8 Å². The van der Waals surface area contributed by atoms with Gasteiger partial charge >= 0.3 is 0 Å². The van der Waals surface area contributed by atoms with Crippen LogP contribution in [0.25, 0.3) is 4.85 Å². The van der Waals surface area contributed by atoms with Crippen molar-refractivity contribution < 1.29 is 22.4 Å². The summed E-state index contributed by atoms with van der Waals surface area (Å²) in [5.41, 5.74) is -0.0417. The minimum Gasteiger partial charge on any atom is -0.693 e. The minimum atomic E-state index is -0.0417. The van der Waals surface area contributed by atoms with Crippen molar-refractivity contribution in [2.24, 2.45) is 5.41 Å². The zero-order valence-electron chi connectivity index (χ0n) is 6.46. The predicted octanol–water partition coefficient (Wildman–Crippen LogP) is 2.32. The molecule has 0 rings (SSSR count). The normalized spacial score (nSPS) is 6.90. The molecule has 61 valence electrons. The van der Waals surface area contributed by atoms with E-state index in [1.54, 1.807) is 0 Å². The van der Waals surface area contributed by atoms with Crippen LogP contribution in [0.3, 0.4) is 0 Å². The molecule has 1 nitrogen and oxygen atoms in total. The summed E-state index contributed by atoms with van der Waals surface area (Å²) in [7, 11) is 2.78. The Balaban J connectivity index is -0.000000107. The molecular weight excluding hydrogens is 307 g/mol. The van der Waals surface area contributed by atoms with Gasteiger partial charge < -0.3 is 17.2 Å². The molecule has 0 aliphatic carbocycles. The molecule has 0 saturated heterocycles. The standard InChI is InChI=1S/C6H9.C2H2N.Au/c1-5-6(2,3)4;1-3-2;/h2-4H3;1H2;/q2*-1;. The molecule has 0 aromatic carbocycles. The van der Waals surface area contributed by atoms with E-state index in [-0.39, 0.29) is 27.8 Å². The third-order valence-corrected chi connectivity index (χ3v) is 0.375. The van der Waals surface area contributed by atoms with Crippen molar-refractivity contribution in [3.63, 3.8) is 0 Å². The number of rotatable bonds is 0. The van der Waals surface area contributed by atoms with Gasteiger partial charge in [0.05, 0.1) is 0 Å². The molecule has 0 aliphatic rings. The Hall–Kier alpha value is -0.340. The molecule has 0 bridgehead atoms. The van der Waals surface area contributed by atoms with Crippen LogP contribution in [0.2, 0.25) is 0 Å². The molecule has 0 spiro atoms. The van der Waals surface area contributed by atoms with Gasteiger partial charge in [-0.1, -0.05) is 27.8 Å². The van der Waals surface area contributed by atoms with Gasteiger partial charge in [0.25, 0.3) is 0 Å². The molecule has 0 atom stereocenters. The molecule has 0 aliphatic heterocycles. The van der Waals surface area contributed by atoms with Crippen LogP contribution in [-0.4, -0.2) is 0 Å². The van der Waals surface area contributed by atoms with E-state index < -0.39 is 0 Å². The first kappa shape index (κ1) is 16.3. The Morgan fingerprint density at radius 2 is 1.50 bits per heavy atom. The molecule has 2 heteroatoms. The van der Waals surface area contributed by atoms with Crippen LogP contribution >= 0.6 is 0 Å². The average molecular weight is 318 g/mol. The van der Waals surface area contributed by atoms with Crippen LogP contribution in [0.4, 0.5) is 0 Å². The van der Waals surface area contributed by atoms with Gasteiger partial charge in [-0.05, 0) is 5.41 Å². The van der Waals surface area contributed by atoms with Crippen molar-refractivity contribution in [1.29, 1.82) is 0 Å². The SMILES string of the molecule is [Au].[C-]#CC(C)(C)C.[C-]#[N+][CH2-]. The second-order valence-corrected chi connectivity index (χ2v) is 2.53. The summed E-state index contributed by atoms with van der Waals surface area (Å²) in [5.74, 6) is 2.35. The fourth-order valence-electron chi connectivity index (χ4n) is 0. The first-order chi connectivity index (χ1) is 3.97. The Bertz CT molecular complexity index is 131. The van der Waals surface area contributed by atoms with Crippen LogP contribution in [0, 0.1) is 31.4 Å². The summed E-state index contributed by atoms with van der Waals surface area (Å²) in [4.78, 5) is 2.50. The van der Waals surface area contributed by atoms with E-state index in [2.05, 4.69) is 17.8 Å². The predicted molar refractivity (Wildman–Crippen MR) is 38.5 cm³/mol. The summed E-state index contributed by atoms with van der Waals surface area (Å²) in [6.07, 6.45) is 6.60. The van der Waals surface area contributed by atoms with Crippen molar-refractivity contribution in [3.05, 3.63) is 24.9 Å². The second kappa shape index (κ2) is 8.66. The first-order valence-electron chi connectivity index (χ1n) is 2.54. The van der Waals surface area contributed by atoms with Crippen LogP contribution in [0.5, 0.6) is 0 Å². The monoisotopic (exact) mass is 318 g/mol. The van der Waals surface area contributed by atoms with E-state index in [1.165, 1.54) is 0 Å². The molecule has 0 fully saturated rings. The molecule has 0 aromatic heterocycles. The van der Waals surface area contributed by atoms with Gasteiger partial charge in [-0.15, -0.1) is 0 Å². The second-order valence-electron chi connectivity index (χ2n) is 2.53. The van der Waals surface area contributed by atoms with Gasteiger partial charge in [0.2, 0.25) is 0 Å². The zero-order chi connectivity index (χ0) is 7.91. The van der Waals surface area contributed by atoms with Crippen molar-refractivity contribution in [1.82, 2.24) is 0 Å². The molecule has 10 heavy (non-hydrogen) atoms. The topological polar surface area (TPSA) is 4.36 Å². The molecule has 0 aromatic rings. The molecule has 0 N–H and O–H groups in total. The first-order valence-corrected chi connectivity index (χ1v) is 2.54. The fourth-order valence-corrected chi connectivity index (χ4v) is 0. The Kier molecular flexibility index (Phi) is 14.1. The summed E-state index contributed by atoms with van der Waals surface area (Å²) in [5, 5.41) is 0. The van der Waals surface area contributed by atoms with E-state index in [0.717, 1.165) is 0 Å². The van der Waals surface area contributed by atoms with Gasteiger partial charge in [0, 0.05) is 22.4 Å². The molecular formula is C8H11AuN-2. The Morgan fingerprint density at radius 3 is 1.50 bits per heavy atom. The Morgan fingerprint density at radius 1 is 1.40 bits per heavy atom. The van der Waals surface area contributed by atoms with E-state index in [0.29, 0.717) is 0 Å². The third kappa shape index (κ3) is 48.0. The van der Waals surface area contributed by atoms with E-state index in [1.807, 2.05) is 20.8 Å². The van der Waals surface area contributed by atoms with Crippen molar-refractivity contribution >= 4 is 0 Å². The molecule has 1 radical (unpaired) electrons. The smallest absolute Gasteiger partial charge is 0 e. The largest absolute Gasteiger partial charge is 0.693 e. The van der Waals surface area contributed by atoms with Gasteiger partial charge in [-0.3, -0.25) is 6.57 Å². The van der Waals surface area contributed by atoms with Crippen molar-refractivity contribution in [3.8, 4) is 5.92 Å². The summed E-state index contributed by atoms with van der Waals surface area (Å²) in [6.45, 7) is 11.6. The summed E-state index contributed by atoms with van der Waals surface area (Å²) in [6, 6.07) is 0. The molecule has 0 heterocycles.